The number of hydrogen-bond acceptors (Lipinski definition) is 6. The van der Waals surface area contributed by atoms with Crippen molar-refractivity contribution in [2.24, 2.45) is 0 Å². The summed E-state index contributed by atoms with van der Waals surface area (Å²) >= 11 is 1.21. The fraction of sp³-hybridized carbons (Fsp3) is 0.688. The summed E-state index contributed by atoms with van der Waals surface area (Å²) in [6.07, 6.45) is 1.19. The monoisotopic (exact) mass is 355 g/mol. The average molecular weight is 355 g/mol. The van der Waals surface area contributed by atoms with Gasteiger partial charge in [0.1, 0.15) is 21.6 Å². The zero-order valence-electron chi connectivity index (χ0n) is 14.6. The predicted octanol–water partition coefficient (Wildman–Crippen LogP) is 2.28. The number of nitrogens with zero attached hydrogens (tertiary/aromatic N) is 3. The lowest BCUT2D eigenvalue weighted by atomic mass is 10.2. The Morgan fingerprint density at radius 2 is 1.88 bits per heavy atom. The van der Waals surface area contributed by atoms with E-state index in [-0.39, 0.29) is 12.0 Å². The lowest BCUT2D eigenvalue weighted by Crippen LogP contribution is -2.40. The molecule has 0 radical (unpaired) electrons. The largest absolute Gasteiger partial charge is 0.444 e. The number of thiazole rings is 1. The fourth-order valence-electron chi connectivity index (χ4n) is 2.37. The molecule has 1 aliphatic heterocycles. The summed E-state index contributed by atoms with van der Waals surface area (Å²) in [7, 11) is 0. The molecule has 0 bridgehead atoms. The molecule has 8 heteroatoms. The third kappa shape index (κ3) is 4.91. The minimum absolute atomic E-state index is 0.106. The number of hydrogen-bond donors (Lipinski definition) is 1. The predicted molar refractivity (Wildman–Crippen MR) is 91.1 cm³/mol. The van der Waals surface area contributed by atoms with Crippen molar-refractivity contribution < 1.29 is 19.4 Å². The van der Waals surface area contributed by atoms with Crippen LogP contribution in [0.3, 0.4) is 0 Å². The van der Waals surface area contributed by atoms with Gasteiger partial charge in [-0.2, -0.15) is 0 Å². The van der Waals surface area contributed by atoms with Gasteiger partial charge in [0.2, 0.25) is 0 Å². The summed E-state index contributed by atoms with van der Waals surface area (Å²) in [6, 6.07) is 0. The van der Waals surface area contributed by atoms with Crippen LogP contribution in [-0.4, -0.2) is 63.7 Å². The molecule has 1 aromatic heterocycles. The minimum atomic E-state index is -0.677. The molecule has 0 spiro atoms. The third-order valence-electron chi connectivity index (χ3n) is 3.53. The molecular formula is C16H25N3O4S. The van der Waals surface area contributed by atoms with Gasteiger partial charge in [0.05, 0.1) is 6.20 Å². The highest BCUT2D eigenvalue weighted by atomic mass is 32.1. The lowest BCUT2D eigenvalue weighted by molar-refractivity contribution is 0.0255. The van der Waals surface area contributed by atoms with E-state index in [1.54, 1.807) is 16.7 Å². The molecule has 0 aromatic carbocycles. The van der Waals surface area contributed by atoms with Crippen LogP contribution in [0.1, 0.15) is 54.9 Å². The highest BCUT2D eigenvalue weighted by Gasteiger charge is 2.27. The lowest BCUT2D eigenvalue weighted by Gasteiger charge is -2.26. The zero-order chi connectivity index (χ0) is 17.9. The van der Waals surface area contributed by atoms with Crippen LogP contribution >= 0.6 is 11.3 Å². The smallest absolute Gasteiger partial charge is 0.410 e. The molecule has 2 rings (SSSR count). The molecule has 1 saturated heterocycles. The summed E-state index contributed by atoms with van der Waals surface area (Å²) in [5, 5.41) is 10.1. The Morgan fingerprint density at radius 1 is 1.25 bits per heavy atom. The second-order valence-corrected chi connectivity index (χ2v) is 7.91. The molecule has 1 atom stereocenters. The molecule has 134 valence electrons. The zero-order valence-corrected chi connectivity index (χ0v) is 15.4. The van der Waals surface area contributed by atoms with Crippen LogP contribution in [0.15, 0.2) is 6.20 Å². The molecule has 1 N–H and O–H groups in total. The van der Waals surface area contributed by atoms with E-state index in [2.05, 4.69) is 4.98 Å². The van der Waals surface area contributed by atoms with Crippen LogP contribution in [-0.2, 0) is 4.74 Å². The van der Waals surface area contributed by atoms with Crippen LogP contribution in [0.5, 0.6) is 0 Å². The Balaban J connectivity index is 1.97. The van der Waals surface area contributed by atoms with Crippen molar-refractivity contribution in [2.45, 2.75) is 45.8 Å². The molecule has 0 saturated carbocycles. The van der Waals surface area contributed by atoms with E-state index in [0.29, 0.717) is 42.5 Å². The van der Waals surface area contributed by atoms with Crippen molar-refractivity contribution in [3.05, 3.63) is 16.1 Å². The van der Waals surface area contributed by atoms with Crippen molar-refractivity contribution in [1.82, 2.24) is 14.8 Å². The van der Waals surface area contributed by atoms with Crippen LogP contribution in [0.4, 0.5) is 4.79 Å². The molecule has 1 fully saturated rings. The van der Waals surface area contributed by atoms with Crippen LogP contribution in [0, 0.1) is 0 Å². The van der Waals surface area contributed by atoms with Crippen molar-refractivity contribution in [2.75, 3.05) is 26.2 Å². The quantitative estimate of drug-likeness (QED) is 0.880. The fourth-order valence-corrected chi connectivity index (χ4v) is 3.19. The normalized spacial score (nSPS) is 17.4. The van der Waals surface area contributed by atoms with E-state index in [0.717, 1.165) is 0 Å². The van der Waals surface area contributed by atoms with Crippen LogP contribution in [0.25, 0.3) is 0 Å². The number of carbonyl (C=O) groups is 2. The molecule has 7 nitrogen and oxygen atoms in total. The van der Waals surface area contributed by atoms with E-state index >= 15 is 0 Å². The summed E-state index contributed by atoms with van der Waals surface area (Å²) in [5.74, 6) is -0.106. The summed E-state index contributed by atoms with van der Waals surface area (Å²) in [4.78, 5) is 32.7. The van der Waals surface area contributed by atoms with Gasteiger partial charge in [-0.15, -0.1) is 11.3 Å². The first-order valence-corrected chi connectivity index (χ1v) is 8.90. The maximum absolute atomic E-state index is 12.6. The Bertz CT molecular complexity index is 594. The summed E-state index contributed by atoms with van der Waals surface area (Å²) < 4.78 is 5.39. The van der Waals surface area contributed by atoms with E-state index in [1.165, 1.54) is 17.5 Å². The van der Waals surface area contributed by atoms with Crippen LogP contribution in [0.2, 0.25) is 0 Å². The first-order valence-electron chi connectivity index (χ1n) is 8.08. The van der Waals surface area contributed by atoms with Gasteiger partial charge in [-0.1, -0.05) is 0 Å². The molecule has 2 amide bonds. The molecule has 1 aromatic rings. The Kier molecular flexibility index (Phi) is 5.82. The number of aliphatic hydroxyl groups is 1. The van der Waals surface area contributed by atoms with Crippen molar-refractivity contribution >= 4 is 23.3 Å². The average Bonchev–Trinajstić information content (AvgIpc) is 2.83. The van der Waals surface area contributed by atoms with Gasteiger partial charge in [-0.25, -0.2) is 9.78 Å². The number of rotatable bonds is 2. The highest BCUT2D eigenvalue weighted by Crippen LogP contribution is 2.21. The number of aliphatic hydroxyl groups excluding tert-OH is 1. The second-order valence-electron chi connectivity index (χ2n) is 6.85. The minimum Gasteiger partial charge on any atom is -0.444 e. The maximum atomic E-state index is 12.6. The molecule has 0 unspecified atom stereocenters. The first-order chi connectivity index (χ1) is 11.2. The maximum Gasteiger partial charge on any atom is 0.410 e. The first kappa shape index (κ1) is 18.7. The van der Waals surface area contributed by atoms with Gasteiger partial charge in [-0.05, 0) is 34.1 Å². The number of amides is 2. The summed E-state index contributed by atoms with van der Waals surface area (Å²) in [5.41, 5.74) is -0.529. The molecule has 1 aliphatic rings. The van der Waals surface area contributed by atoms with Gasteiger partial charge in [0.25, 0.3) is 5.91 Å². The van der Waals surface area contributed by atoms with Crippen molar-refractivity contribution in [1.29, 1.82) is 0 Å². The topological polar surface area (TPSA) is 83.0 Å². The highest BCUT2D eigenvalue weighted by molar-refractivity contribution is 7.13. The second kappa shape index (κ2) is 7.48. The Hall–Kier alpha value is -1.67. The van der Waals surface area contributed by atoms with E-state index in [1.807, 2.05) is 20.8 Å². The van der Waals surface area contributed by atoms with Crippen molar-refractivity contribution in [3.8, 4) is 0 Å². The summed E-state index contributed by atoms with van der Waals surface area (Å²) in [6.45, 7) is 9.19. The van der Waals surface area contributed by atoms with E-state index < -0.39 is 11.7 Å². The Labute approximate surface area is 146 Å². The van der Waals surface area contributed by atoms with Crippen molar-refractivity contribution in [3.63, 3.8) is 0 Å². The third-order valence-corrected chi connectivity index (χ3v) is 4.68. The number of aromatic nitrogens is 1. The van der Waals surface area contributed by atoms with Gasteiger partial charge >= 0.3 is 6.09 Å². The van der Waals surface area contributed by atoms with Gasteiger partial charge in [0.15, 0.2) is 0 Å². The van der Waals surface area contributed by atoms with Crippen LogP contribution < -0.4 is 0 Å². The number of carbonyl (C=O) groups excluding carboxylic acids is 2. The standard InChI is InChI=1S/C16H25N3O4S/c1-11(20)13-17-10-12(24-13)14(21)18-6-5-7-19(9-8-18)15(22)23-16(2,3)4/h10-11,20H,5-9H2,1-4H3/t11-/m1/s1. The van der Waals surface area contributed by atoms with E-state index in [4.69, 9.17) is 4.74 Å². The Morgan fingerprint density at radius 3 is 2.46 bits per heavy atom. The molecule has 24 heavy (non-hydrogen) atoms. The molecule has 0 aliphatic carbocycles. The van der Waals surface area contributed by atoms with E-state index in [9.17, 15) is 14.7 Å². The van der Waals surface area contributed by atoms with Gasteiger partial charge in [0, 0.05) is 26.2 Å². The molecular weight excluding hydrogens is 330 g/mol. The van der Waals surface area contributed by atoms with Gasteiger partial charge < -0.3 is 19.6 Å². The SMILES string of the molecule is C[C@@H](O)c1ncc(C(=O)N2CCCN(C(=O)OC(C)(C)C)CC2)s1. The number of ether oxygens (including phenoxy) is 1. The van der Waals surface area contributed by atoms with Gasteiger partial charge in [-0.3, -0.25) is 4.79 Å². The molecule has 2 heterocycles.